The maximum absolute atomic E-state index is 12.0. The average Bonchev–Trinajstić information content (AvgIpc) is 2.49. The zero-order valence-corrected chi connectivity index (χ0v) is 11.5. The minimum atomic E-state index is -0.406. The second kappa shape index (κ2) is 6.42. The van der Waals surface area contributed by atoms with Crippen molar-refractivity contribution in [1.82, 2.24) is 0 Å². The summed E-state index contributed by atoms with van der Waals surface area (Å²) in [5, 5.41) is 17.1. The Morgan fingerprint density at radius 2 is 1.76 bits per heavy atom. The van der Waals surface area contributed by atoms with Gasteiger partial charge in [0.2, 0.25) is 0 Å². The maximum Gasteiger partial charge on any atom is 0.323 e. The highest BCUT2D eigenvalue weighted by molar-refractivity contribution is 6.07. The highest BCUT2D eigenvalue weighted by Crippen LogP contribution is 2.15. The summed E-state index contributed by atoms with van der Waals surface area (Å²) in [6.45, 7) is 1.97. The quantitative estimate of drug-likeness (QED) is 0.302. The van der Waals surface area contributed by atoms with Crippen LogP contribution in [-0.2, 0) is 0 Å². The van der Waals surface area contributed by atoms with Gasteiger partial charge >= 0.3 is 6.03 Å². The monoisotopic (exact) mass is 284 g/mol. The Kier molecular flexibility index (Phi) is 4.40. The van der Waals surface area contributed by atoms with Gasteiger partial charge in [-0.05, 0) is 31.2 Å². The lowest BCUT2D eigenvalue weighted by molar-refractivity contribution is 0.262. The molecule has 2 aromatic rings. The molecule has 21 heavy (non-hydrogen) atoms. The highest BCUT2D eigenvalue weighted by Gasteiger charge is 2.09. The van der Waals surface area contributed by atoms with Crippen LogP contribution in [0.25, 0.3) is 0 Å². The van der Waals surface area contributed by atoms with Gasteiger partial charge in [-0.25, -0.2) is 4.79 Å². The van der Waals surface area contributed by atoms with E-state index in [-0.39, 0.29) is 5.84 Å². The van der Waals surface area contributed by atoms with Crippen molar-refractivity contribution in [3.05, 3.63) is 59.7 Å². The van der Waals surface area contributed by atoms with Gasteiger partial charge in [-0.15, -0.1) is 0 Å². The number of hydrogen-bond acceptors (Lipinski definition) is 3. The van der Waals surface area contributed by atoms with Crippen LogP contribution in [0.1, 0.15) is 11.1 Å². The van der Waals surface area contributed by atoms with Crippen LogP contribution in [0, 0.1) is 6.92 Å². The second-order valence-corrected chi connectivity index (χ2v) is 4.48. The number of nitrogens with two attached hydrogens (primary N) is 1. The molecule has 2 rings (SSSR count). The van der Waals surface area contributed by atoms with Crippen molar-refractivity contribution in [2.45, 2.75) is 6.92 Å². The molecule has 6 nitrogen and oxygen atoms in total. The summed E-state index contributed by atoms with van der Waals surface area (Å²) < 4.78 is 0. The molecule has 6 heteroatoms. The van der Waals surface area contributed by atoms with Crippen LogP contribution in [0.2, 0.25) is 0 Å². The Morgan fingerprint density at radius 3 is 2.43 bits per heavy atom. The van der Waals surface area contributed by atoms with Crippen molar-refractivity contribution in [3.8, 4) is 0 Å². The van der Waals surface area contributed by atoms with Gasteiger partial charge in [0.15, 0.2) is 5.84 Å². The molecule has 0 aliphatic heterocycles. The number of nitrogens with one attached hydrogen (secondary N) is 2. The molecular weight excluding hydrogens is 268 g/mol. The molecule has 0 atom stereocenters. The molecule has 108 valence electrons. The fourth-order valence-corrected chi connectivity index (χ4v) is 1.79. The Hall–Kier alpha value is -3.02. The summed E-state index contributed by atoms with van der Waals surface area (Å²) in [7, 11) is 0. The smallest absolute Gasteiger partial charge is 0.323 e. The van der Waals surface area contributed by atoms with Crippen molar-refractivity contribution in [3.63, 3.8) is 0 Å². The molecule has 0 aliphatic rings. The van der Waals surface area contributed by atoms with E-state index in [4.69, 9.17) is 10.9 Å². The van der Waals surface area contributed by atoms with Crippen molar-refractivity contribution in [2.24, 2.45) is 10.9 Å². The van der Waals surface area contributed by atoms with Crippen molar-refractivity contribution < 1.29 is 10.0 Å². The predicted molar refractivity (Wildman–Crippen MR) is 82.8 cm³/mol. The lowest BCUT2D eigenvalue weighted by Crippen LogP contribution is -2.22. The molecule has 0 bridgehead atoms. The van der Waals surface area contributed by atoms with Crippen LogP contribution in [0.3, 0.4) is 0 Å². The number of anilines is 2. The Balaban J connectivity index is 2.11. The lowest BCUT2D eigenvalue weighted by Gasteiger charge is -2.11. The van der Waals surface area contributed by atoms with Gasteiger partial charge in [0.1, 0.15) is 0 Å². The topological polar surface area (TPSA) is 99.7 Å². The molecule has 0 aliphatic carbocycles. The summed E-state index contributed by atoms with van der Waals surface area (Å²) in [6, 6.07) is 13.8. The minimum Gasteiger partial charge on any atom is -0.409 e. The Morgan fingerprint density at radius 1 is 1.10 bits per heavy atom. The first-order valence-corrected chi connectivity index (χ1v) is 6.32. The van der Waals surface area contributed by atoms with Gasteiger partial charge in [-0.1, -0.05) is 35.0 Å². The molecule has 0 aromatic heterocycles. The standard InChI is InChI=1S/C15H16N4O2/c1-10-6-8-11(9-7-10)17-15(20)18-13-5-3-2-4-12(13)14(16)19-21/h2-9,21H,1H3,(H2,16,19)(H2,17,18,20). The third kappa shape index (κ3) is 3.73. The number of aryl methyl sites for hydroxylation is 1. The molecule has 0 fully saturated rings. The van der Waals surface area contributed by atoms with Gasteiger partial charge in [-0.3, -0.25) is 0 Å². The fourth-order valence-electron chi connectivity index (χ4n) is 1.79. The van der Waals surface area contributed by atoms with Gasteiger partial charge in [0.05, 0.1) is 5.69 Å². The first kappa shape index (κ1) is 14.4. The molecular formula is C15H16N4O2. The average molecular weight is 284 g/mol. The van der Waals surface area contributed by atoms with E-state index in [2.05, 4.69) is 15.8 Å². The second-order valence-electron chi connectivity index (χ2n) is 4.48. The Labute approximate surface area is 122 Å². The first-order chi connectivity index (χ1) is 10.1. The number of urea groups is 1. The fraction of sp³-hybridized carbons (Fsp3) is 0.0667. The van der Waals surface area contributed by atoms with E-state index < -0.39 is 6.03 Å². The van der Waals surface area contributed by atoms with E-state index in [1.54, 1.807) is 24.3 Å². The highest BCUT2D eigenvalue weighted by atomic mass is 16.4. The van der Waals surface area contributed by atoms with Gasteiger partial charge < -0.3 is 21.6 Å². The van der Waals surface area contributed by atoms with E-state index in [9.17, 15) is 4.79 Å². The van der Waals surface area contributed by atoms with Crippen LogP contribution < -0.4 is 16.4 Å². The van der Waals surface area contributed by atoms with Crippen LogP contribution in [0.15, 0.2) is 53.7 Å². The van der Waals surface area contributed by atoms with E-state index in [0.29, 0.717) is 16.9 Å². The summed E-state index contributed by atoms with van der Waals surface area (Å²) >= 11 is 0. The van der Waals surface area contributed by atoms with Crippen LogP contribution >= 0.6 is 0 Å². The first-order valence-electron chi connectivity index (χ1n) is 6.32. The molecule has 2 amide bonds. The summed E-state index contributed by atoms with van der Waals surface area (Å²) in [6.07, 6.45) is 0. The number of amidine groups is 1. The number of rotatable bonds is 3. The minimum absolute atomic E-state index is 0.0683. The number of para-hydroxylation sites is 1. The summed E-state index contributed by atoms with van der Waals surface area (Å²) in [5.41, 5.74) is 8.26. The Bertz CT molecular complexity index is 666. The normalized spacial score (nSPS) is 11.0. The van der Waals surface area contributed by atoms with Crippen molar-refractivity contribution in [2.75, 3.05) is 10.6 Å². The lowest BCUT2D eigenvalue weighted by atomic mass is 10.1. The largest absolute Gasteiger partial charge is 0.409 e. The van der Waals surface area contributed by atoms with Crippen LogP contribution in [0.5, 0.6) is 0 Å². The molecule has 0 heterocycles. The van der Waals surface area contributed by atoms with Gasteiger partial charge in [-0.2, -0.15) is 0 Å². The number of hydrogen-bond donors (Lipinski definition) is 4. The number of carbonyl (C=O) groups excluding carboxylic acids is 1. The van der Waals surface area contributed by atoms with E-state index in [1.807, 2.05) is 31.2 Å². The molecule has 5 N–H and O–H groups in total. The maximum atomic E-state index is 12.0. The molecule has 0 spiro atoms. The SMILES string of the molecule is Cc1ccc(NC(=O)Nc2ccccc2/C(N)=N/O)cc1. The van der Waals surface area contributed by atoms with Crippen LogP contribution in [0.4, 0.5) is 16.2 Å². The molecule has 2 aromatic carbocycles. The number of nitrogens with zero attached hydrogens (tertiary/aromatic N) is 1. The molecule has 0 saturated carbocycles. The number of amides is 2. The zero-order chi connectivity index (χ0) is 15.2. The van der Waals surface area contributed by atoms with Gasteiger partial charge in [0, 0.05) is 11.3 Å². The van der Waals surface area contributed by atoms with Crippen molar-refractivity contribution >= 4 is 23.2 Å². The number of carbonyl (C=O) groups is 1. The van der Waals surface area contributed by atoms with E-state index >= 15 is 0 Å². The summed E-state index contributed by atoms with van der Waals surface area (Å²) in [4.78, 5) is 12.0. The van der Waals surface area contributed by atoms with Crippen LogP contribution in [-0.4, -0.2) is 17.1 Å². The van der Waals surface area contributed by atoms with Crippen molar-refractivity contribution in [1.29, 1.82) is 0 Å². The molecule has 0 saturated heterocycles. The van der Waals surface area contributed by atoms with E-state index in [0.717, 1.165) is 5.56 Å². The predicted octanol–water partition coefficient (Wildman–Crippen LogP) is 2.73. The number of oxime groups is 1. The molecule has 0 unspecified atom stereocenters. The van der Waals surface area contributed by atoms with E-state index in [1.165, 1.54) is 0 Å². The zero-order valence-electron chi connectivity index (χ0n) is 11.5. The third-order valence-corrected chi connectivity index (χ3v) is 2.87. The summed E-state index contributed by atoms with van der Waals surface area (Å²) in [5.74, 6) is -0.0683. The third-order valence-electron chi connectivity index (χ3n) is 2.87. The molecule has 0 radical (unpaired) electrons. The number of benzene rings is 2. The van der Waals surface area contributed by atoms with Gasteiger partial charge in [0.25, 0.3) is 0 Å².